The van der Waals surface area contributed by atoms with Gasteiger partial charge in [-0.05, 0) is 76.9 Å². The van der Waals surface area contributed by atoms with E-state index in [0.717, 1.165) is 37.2 Å². The number of alkyl halides is 3. The number of nitrogens with one attached hydrogen (secondary N) is 1. The molecular formula is C38H27Br2F4NO4. The average molecular weight is 797 g/mol. The van der Waals surface area contributed by atoms with E-state index in [-0.39, 0.29) is 6.42 Å². The first-order chi connectivity index (χ1) is 23.3. The number of carbonyl (C=O) groups is 2. The Morgan fingerprint density at radius 3 is 1.69 bits per heavy atom. The number of hydrogen-bond acceptors (Lipinski definition) is 3. The highest BCUT2D eigenvalue weighted by Gasteiger charge is 2.30. The predicted octanol–water partition coefficient (Wildman–Crippen LogP) is 10.1. The number of benzene rings is 6. The molecule has 2 atom stereocenters. The van der Waals surface area contributed by atoms with Crippen molar-refractivity contribution in [1.29, 1.82) is 0 Å². The Labute approximate surface area is 295 Å². The van der Waals surface area contributed by atoms with Crippen LogP contribution >= 0.6 is 31.9 Å². The number of hydrogen-bond donors (Lipinski definition) is 3. The van der Waals surface area contributed by atoms with Gasteiger partial charge < -0.3 is 15.5 Å². The molecule has 0 heterocycles. The van der Waals surface area contributed by atoms with E-state index in [2.05, 4.69) is 37.2 Å². The molecule has 0 bridgehead atoms. The maximum atomic E-state index is 13.4. The van der Waals surface area contributed by atoms with E-state index in [1.54, 1.807) is 24.3 Å². The molecule has 11 heteroatoms. The second-order valence-electron chi connectivity index (χ2n) is 11.1. The van der Waals surface area contributed by atoms with Gasteiger partial charge in [0.2, 0.25) is 0 Å². The minimum atomic E-state index is -4.47. The van der Waals surface area contributed by atoms with Crippen molar-refractivity contribution >= 4 is 65.3 Å². The lowest BCUT2D eigenvalue weighted by molar-refractivity contribution is -0.137. The molecule has 0 spiro atoms. The molecule has 49 heavy (non-hydrogen) atoms. The number of carboxylic acids is 1. The number of halogens is 6. The fraction of sp³-hybridized carbons (Fsp3) is 0.105. The fourth-order valence-electron chi connectivity index (χ4n) is 5.42. The lowest BCUT2D eigenvalue weighted by Crippen LogP contribution is -2.41. The van der Waals surface area contributed by atoms with Gasteiger partial charge in [0.15, 0.2) is 0 Å². The third-order valence-electron chi connectivity index (χ3n) is 7.83. The third-order valence-corrected chi connectivity index (χ3v) is 9.15. The molecule has 5 nitrogen and oxygen atoms in total. The van der Waals surface area contributed by atoms with Crippen LogP contribution in [-0.4, -0.2) is 28.1 Å². The van der Waals surface area contributed by atoms with Gasteiger partial charge in [-0.1, -0.05) is 105 Å². The summed E-state index contributed by atoms with van der Waals surface area (Å²) in [5, 5.41) is 26.1. The van der Waals surface area contributed by atoms with Crippen LogP contribution in [0.15, 0.2) is 130 Å². The molecule has 250 valence electrons. The molecule has 0 saturated carbocycles. The van der Waals surface area contributed by atoms with Crippen LogP contribution in [0.25, 0.3) is 21.5 Å². The number of aliphatic hydroxyl groups is 1. The van der Waals surface area contributed by atoms with Crippen molar-refractivity contribution in [2.24, 2.45) is 0 Å². The number of carbonyl (C=O) groups excluding carboxylic acids is 1. The van der Waals surface area contributed by atoms with Crippen LogP contribution in [0.1, 0.15) is 43.5 Å². The molecule has 0 radical (unpaired) electrons. The zero-order chi connectivity index (χ0) is 35.3. The summed E-state index contributed by atoms with van der Waals surface area (Å²) in [7, 11) is 0. The van der Waals surface area contributed by atoms with Crippen LogP contribution < -0.4 is 5.32 Å². The summed E-state index contributed by atoms with van der Waals surface area (Å²) in [6, 6.07) is 30.5. The number of aromatic carboxylic acids is 1. The highest BCUT2D eigenvalue weighted by Crippen LogP contribution is 2.31. The second kappa shape index (κ2) is 15.3. The molecule has 0 aliphatic rings. The largest absolute Gasteiger partial charge is 0.478 e. The summed E-state index contributed by atoms with van der Waals surface area (Å²) in [6.07, 6.45) is -5.66. The van der Waals surface area contributed by atoms with E-state index in [9.17, 15) is 32.3 Å². The normalized spacial score (nSPS) is 12.6. The highest BCUT2D eigenvalue weighted by atomic mass is 79.9. The molecule has 1 amide bonds. The first-order valence-corrected chi connectivity index (χ1v) is 16.4. The monoisotopic (exact) mass is 795 g/mol. The molecule has 6 aromatic carbocycles. The molecule has 0 aliphatic carbocycles. The minimum absolute atomic E-state index is 0.0500. The van der Waals surface area contributed by atoms with Gasteiger partial charge in [0.25, 0.3) is 5.91 Å². The maximum absolute atomic E-state index is 13.4. The van der Waals surface area contributed by atoms with Gasteiger partial charge in [-0.2, -0.15) is 13.2 Å². The maximum Gasteiger partial charge on any atom is 0.416 e. The van der Waals surface area contributed by atoms with Crippen molar-refractivity contribution in [3.05, 3.63) is 164 Å². The van der Waals surface area contributed by atoms with Crippen molar-refractivity contribution in [3.63, 3.8) is 0 Å². The van der Waals surface area contributed by atoms with Crippen LogP contribution in [0, 0.1) is 5.82 Å². The van der Waals surface area contributed by atoms with Gasteiger partial charge in [-0.15, -0.1) is 0 Å². The van der Waals surface area contributed by atoms with Gasteiger partial charge >= 0.3 is 12.1 Å². The van der Waals surface area contributed by atoms with E-state index in [1.165, 1.54) is 36.4 Å². The van der Waals surface area contributed by atoms with Gasteiger partial charge in [-0.3, -0.25) is 4.79 Å². The Morgan fingerprint density at radius 1 is 0.694 bits per heavy atom. The molecule has 3 N–H and O–H groups in total. The summed E-state index contributed by atoms with van der Waals surface area (Å²) < 4.78 is 53.8. The fourth-order valence-corrected chi connectivity index (χ4v) is 6.61. The Bertz CT molecular complexity index is 2110. The topological polar surface area (TPSA) is 86.6 Å². The second-order valence-corrected chi connectivity index (χ2v) is 12.8. The van der Waals surface area contributed by atoms with Crippen molar-refractivity contribution in [2.75, 3.05) is 0 Å². The van der Waals surface area contributed by atoms with Gasteiger partial charge in [0.1, 0.15) is 5.82 Å². The number of carboxylic acid groups (broad SMARTS) is 1. The summed E-state index contributed by atoms with van der Waals surface area (Å²) in [6.45, 7) is 0. The molecule has 6 rings (SSSR count). The Kier molecular flexibility index (Phi) is 11.2. The summed E-state index contributed by atoms with van der Waals surface area (Å²) in [5.41, 5.74) is 0.765. The van der Waals surface area contributed by atoms with Crippen molar-refractivity contribution in [1.82, 2.24) is 5.32 Å². The van der Waals surface area contributed by atoms with Gasteiger partial charge in [-0.25, -0.2) is 9.18 Å². The average Bonchev–Trinajstić information content (AvgIpc) is 3.08. The van der Waals surface area contributed by atoms with Crippen LogP contribution in [0.3, 0.4) is 0 Å². The smallest absolute Gasteiger partial charge is 0.416 e. The Hall–Kier alpha value is -4.58. The SMILES string of the molecule is O=C(NC(Cc1ccc(C(F)(F)F)cc1)C(O)c1ccc(F)cc1)c1cccc2cccc(Br)c12.O=C(O)c1cccc2cccc(Br)c12. The Balaban J connectivity index is 0.000000278. The van der Waals surface area contributed by atoms with Gasteiger partial charge in [0, 0.05) is 25.3 Å². The van der Waals surface area contributed by atoms with Gasteiger partial charge in [0.05, 0.1) is 23.3 Å². The number of fused-ring (bicyclic) bond motifs is 2. The molecule has 2 unspecified atom stereocenters. The summed E-state index contributed by atoms with van der Waals surface area (Å²) in [4.78, 5) is 24.3. The molecule has 6 aromatic rings. The minimum Gasteiger partial charge on any atom is -0.478 e. The van der Waals surface area contributed by atoms with Crippen molar-refractivity contribution in [2.45, 2.75) is 24.7 Å². The number of aliphatic hydroxyl groups excluding tert-OH is 1. The van der Waals surface area contributed by atoms with E-state index in [0.29, 0.717) is 27.6 Å². The zero-order valence-corrected chi connectivity index (χ0v) is 28.6. The molecule has 0 aliphatic heterocycles. The quantitative estimate of drug-likeness (QED) is 0.141. The van der Waals surface area contributed by atoms with E-state index < -0.39 is 41.6 Å². The number of rotatable bonds is 7. The molecular weight excluding hydrogens is 770 g/mol. The van der Waals surface area contributed by atoms with E-state index in [1.807, 2.05) is 48.5 Å². The Morgan fingerprint density at radius 2 is 1.18 bits per heavy atom. The van der Waals surface area contributed by atoms with Crippen molar-refractivity contribution < 1.29 is 37.4 Å². The first-order valence-electron chi connectivity index (χ1n) is 14.8. The van der Waals surface area contributed by atoms with Crippen molar-refractivity contribution in [3.8, 4) is 0 Å². The zero-order valence-electron chi connectivity index (χ0n) is 25.4. The van der Waals surface area contributed by atoms with Crippen LogP contribution in [-0.2, 0) is 12.6 Å². The third kappa shape index (κ3) is 8.54. The predicted molar refractivity (Wildman–Crippen MR) is 188 cm³/mol. The molecule has 0 saturated heterocycles. The first kappa shape index (κ1) is 35.7. The summed E-state index contributed by atoms with van der Waals surface area (Å²) in [5.74, 6) is -1.84. The standard InChI is InChI=1S/C27H20BrF4NO2.C11H7BrO2/c28-22-6-2-4-17-3-1-5-21(24(17)22)26(35)33-23(25(34)18-9-13-20(29)14-10-18)15-16-7-11-19(12-8-16)27(30,31)32;12-9-6-2-4-7-3-1-5-8(10(7)9)11(13)14/h1-14,23,25,34H,15H2,(H,33,35);1-6H,(H,13,14). The molecule has 0 aromatic heterocycles. The van der Waals surface area contributed by atoms with Crippen LogP contribution in [0.2, 0.25) is 0 Å². The summed E-state index contributed by atoms with van der Waals surface area (Å²) >= 11 is 6.83. The van der Waals surface area contributed by atoms with Crippen LogP contribution in [0.5, 0.6) is 0 Å². The lowest BCUT2D eigenvalue weighted by atomic mass is 9.94. The van der Waals surface area contributed by atoms with Crippen LogP contribution in [0.4, 0.5) is 17.6 Å². The van der Waals surface area contributed by atoms with E-state index in [4.69, 9.17) is 5.11 Å². The highest BCUT2D eigenvalue weighted by molar-refractivity contribution is 9.11. The lowest BCUT2D eigenvalue weighted by Gasteiger charge is -2.25. The molecule has 0 fully saturated rings. The number of amides is 1. The van der Waals surface area contributed by atoms with E-state index >= 15 is 0 Å².